The smallest absolute Gasteiger partial charge is 0.120 e. The monoisotopic (exact) mass is 263 g/mol. The van der Waals surface area contributed by atoms with E-state index < -0.39 is 0 Å². The molecule has 0 radical (unpaired) electrons. The standard InChI is InChI=1S/C17H29NO/c1-12(2)15-6-5-7-16(10-9-15)18-14(4)17-11-8-13(3)19-17/h8,11-12,14-16,18H,5-7,9-10H2,1-4H3. The molecular formula is C17H29NO. The van der Waals surface area contributed by atoms with E-state index in [0.29, 0.717) is 12.1 Å². The van der Waals surface area contributed by atoms with Gasteiger partial charge in [0.25, 0.3) is 0 Å². The fourth-order valence-electron chi connectivity index (χ4n) is 3.29. The maximum absolute atomic E-state index is 5.71. The zero-order valence-electron chi connectivity index (χ0n) is 12.9. The number of hydrogen-bond acceptors (Lipinski definition) is 2. The summed E-state index contributed by atoms with van der Waals surface area (Å²) < 4.78 is 5.71. The van der Waals surface area contributed by atoms with Gasteiger partial charge in [-0.15, -0.1) is 0 Å². The van der Waals surface area contributed by atoms with E-state index in [4.69, 9.17) is 4.42 Å². The topological polar surface area (TPSA) is 25.2 Å². The van der Waals surface area contributed by atoms with Gasteiger partial charge in [0.15, 0.2) is 0 Å². The zero-order chi connectivity index (χ0) is 13.8. The number of rotatable bonds is 4. The fourth-order valence-corrected chi connectivity index (χ4v) is 3.29. The van der Waals surface area contributed by atoms with E-state index in [2.05, 4.69) is 38.2 Å². The van der Waals surface area contributed by atoms with Gasteiger partial charge in [-0.3, -0.25) is 0 Å². The molecule has 1 aliphatic rings. The third kappa shape index (κ3) is 4.10. The highest BCUT2D eigenvalue weighted by molar-refractivity contribution is 5.09. The van der Waals surface area contributed by atoms with E-state index in [1.165, 1.54) is 32.1 Å². The van der Waals surface area contributed by atoms with Gasteiger partial charge in [-0.05, 0) is 57.1 Å². The Morgan fingerprint density at radius 3 is 2.53 bits per heavy atom. The van der Waals surface area contributed by atoms with Crippen molar-refractivity contribution in [3.05, 3.63) is 23.7 Å². The second-order valence-electron chi connectivity index (χ2n) is 6.55. The van der Waals surface area contributed by atoms with E-state index in [9.17, 15) is 0 Å². The zero-order valence-corrected chi connectivity index (χ0v) is 12.9. The van der Waals surface area contributed by atoms with Crippen molar-refractivity contribution in [2.24, 2.45) is 11.8 Å². The van der Waals surface area contributed by atoms with Crippen molar-refractivity contribution < 1.29 is 4.42 Å². The largest absolute Gasteiger partial charge is 0.465 e. The Bertz CT molecular complexity index is 382. The van der Waals surface area contributed by atoms with E-state index in [0.717, 1.165) is 23.4 Å². The van der Waals surface area contributed by atoms with Crippen LogP contribution in [0.3, 0.4) is 0 Å². The van der Waals surface area contributed by atoms with Crippen LogP contribution in [-0.2, 0) is 0 Å². The molecule has 0 saturated heterocycles. The summed E-state index contributed by atoms with van der Waals surface area (Å²) in [5, 5.41) is 3.75. The predicted octanol–water partition coefficient (Wildman–Crippen LogP) is 4.84. The van der Waals surface area contributed by atoms with Crippen LogP contribution in [0, 0.1) is 18.8 Å². The number of hydrogen-bond donors (Lipinski definition) is 1. The summed E-state index contributed by atoms with van der Waals surface area (Å²) in [5.41, 5.74) is 0. The van der Waals surface area contributed by atoms with E-state index >= 15 is 0 Å². The molecule has 1 aromatic heterocycles. The van der Waals surface area contributed by atoms with Gasteiger partial charge < -0.3 is 9.73 Å². The molecule has 3 atom stereocenters. The van der Waals surface area contributed by atoms with Gasteiger partial charge in [0.2, 0.25) is 0 Å². The third-order valence-corrected chi connectivity index (χ3v) is 4.63. The number of aryl methyl sites for hydroxylation is 1. The van der Waals surface area contributed by atoms with Crippen molar-refractivity contribution in [1.29, 1.82) is 0 Å². The molecule has 1 fully saturated rings. The third-order valence-electron chi connectivity index (χ3n) is 4.63. The van der Waals surface area contributed by atoms with Crippen LogP contribution in [0.4, 0.5) is 0 Å². The molecule has 1 aromatic rings. The van der Waals surface area contributed by atoms with E-state index in [1.54, 1.807) is 0 Å². The molecule has 108 valence electrons. The average Bonchev–Trinajstić information content (AvgIpc) is 2.65. The van der Waals surface area contributed by atoms with E-state index in [-0.39, 0.29) is 0 Å². The second kappa shape index (κ2) is 6.60. The Kier molecular flexibility index (Phi) is 5.09. The molecule has 0 bridgehead atoms. The Hall–Kier alpha value is -0.760. The molecule has 0 amide bonds. The molecule has 2 nitrogen and oxygen atoms in total. The summed E-state index contributed by atoms with van der Waals surface area (Å²) in [6.07, 6.45) is 6.77. The minimum atomic E-state index is 0.328. The Labute approximate surface area is 118 Å². The Morgan fingerprint density at radius 1 is 1.11 bits per heavy atom. The lowest BCUT2D eigenvalue weighted by molar-refractivity contribution is 0.329. The van der Waals surface area contributed by atoms with Crippen LogP contribution >= 0.6 is 0 Å². The lowest BCUT2D eigenvalue weighted by Crippen LogP contribution is -2.31. The summed E-state index contributed by atoms with van der Waals surface area (Å²) in [6.45, 7) is 8.96. The first-order valence-corrected chi connectivity index (χ1v) is 7.88. The molecule has 1 heterocycles. The fraction of sp³-hybridized carbons (Fsp3) is 0.765. The number of furan rings is 1. The molecule has 1 saturated carbocycles. The average molecular weight is 263 g/mol. The van der Waals surface area contributed by atoms with Gasteiger partial charge in [-0.1, -0.05) is 26.7 Å². The summed E-state index contributed by atoms with van der Waals surface area (Å²) in [6, 6.07) is 5.13. The maximum Gasteiger partial charge on any atom is 0.120 e. The number of nitrogens with one attached hydrogen (secondary N) is 1. The summed E-state index contributed by atoms with van der Waals surface area (Å²) in [5.74, 6) is 3.84. The van der Waals surface area contributed by atoms with Crippen molar-refractivity contribution in [2.45, 2.75) is 71.9 Å². The van der Waals surface area contributed by atoms with Gasteiger partial charge in [-0.25, -0.2) is 0 Å². The van der Waals surface area contributed by atoms with Crippen LogP contribution in [-0.4, -0.2) is 6.04 Å². The van der Waals surface area contributed by atoms with Crippen molar-refractivity contribution in [3.63, 3.8) is 0 Å². The molecule has 2 heteroatoms. The van der Waals surface area contributed by atoms with Gasteiger partial charge in [-0.2, -0.15) is 0 Å². The van der Waals surface area contributed by atoms with Gasteiger partial charge >= 0.3 is 0 Å². The minimum absolute atomic E-state index is 0.328. The van der Waals surface area contributed by atoms with E-state index in [1.807, 2.05) is 6.92 Å². The Balaban J connectivity index is 1.86. The highest BCUT2D eigenvalue weighted by Crippen LogP contribution is 2.29. The molecule has 19 heavy (non-hydrogen) atoms. The van der Waals surface area contributed by atoms with Crippen LogP contribution in [0.1, 0.15) is 70.4 Å². The highest BCUT2D eigenvalue weighted by Gasteiger charge is 2.22. The molecule has 1 aliphatic carbocycles. The molecule has 0 aromatic carbocycles. The quantitative estimate of drug-likeness (QED) is 0.786. The molecular weight excluding hydrogens is 234 g/mol. The predicted molar refractivity (Wildman–Crippen MR) is 80.2 cm³/mol. The first-order valence-electron chi connectivity index (χ1n) is 7.88. The van der Waals surface area contributed by atoms with Crippen LogP contribution in [0.5, 0.6) is 0 Å². The lowest BCUT2D eigenvalue weighted by atomic mass is 9.89. The normalized spacial score (nSPS) is 26.4. The summed E-state index contributed by atoms with van der Waals surface area (Å²) in [4.78, 5) is 0. The van der Waals surface area contributed by atoms with Gasteiger partial charge in [0.1, 0.15) is 11.5 Å². The first kappa shape index (κ1) is 14.6. The maximum atomic E-state index is 5.71. The van der Waals surface area contributed by atoms with Crippen LogP contribution < -0.4 is 5.32 Å². The van der Waals surface area contributed by atoms with Gasteiger partial charge in [0, 0.05) is 6.04 Å². The van der Waals surface area contributed by atoms with Crippen molar-refractivity contribution in [3.8, 4) is 0 Å². The van der Waals surface area contributed by atoms with Crippen LogP contribution in [0.15, 0.2) is 16.5 Å². The van der Waals surface area contributed by atoms with Gasteiger partial charge in [0.05, 0.1) is 6.04 Å². The van der Waals surface area contributed by atoms with Crippen LogP contribution in [0.25, 0.3) is 0 Å². The molecule has 1 N–H and O–H groups in total. The van der Waals surface area contributed by atoms with Crippen LogP contribution in [0.2, 0.25) is 0 Å². The Morgan fingerprint density at radius 2 is 1.89 bits per heavy atom. The second-order valence-corrected chi connectivity index (χ2v) is 6.55. The summed E-state index contributed by atoms with van der Waals surface area (Å²) in [7, 11) is 0. The highest BCUT2D eigenvalue weighted by atomic mass is 16.3. The molecule has 0 spiro atoms. The molecule has 0 aliphatic heterocycles. The molecule has 3 unspecified atom stereocenters. The van der Waals surface area contributed by atoms with Crippen molar-refractivity contribution >= 4 is 0 Å². The SMILES string of the molecule is Cc1ccc(C(C)NC2CCCC(C(C)C)CC2)o1. The lowest BCUT2D eigenvalue weighted by Gasteiger charge is -2.21. The van der Waals surface area contributed by atoms with Crippen molar-refractivity contribution in [2.75, 3.05) is 0 Å². The first-order chi connectivity index (χ1) is 9.06. The summed E-state index contributed by atoms with van der Waals surface area (Å²) >= 11 is 0. The van der Waals surface area contributed by atoms with Crippen molar-refractivity contribution in [1.82, 2.24) is 5.32 Å². The minimum Gasteiger partial charge on any atom is -0.465 e. The molecule has 2 rings (SSSR count).